The number of esters is 1. The topological polar surface area (TPSA) is 49.9 Å². The number of rotatable bonds is 7. The number of likely N-dealkylation sites (N-methyl/N-ethyl adjacent to an activating group) is 1. The van der Waals surface area contributed by atoms with Gasteiger partial charge in [0.25, 0.3) is 5.91 Å². The molecule has 26 heavy (non-hydrogen) atoms. The molecule has 0 N–H and O–H groups in total. The summed E-state index contributed by atoms with van der Waals surface area (Å²) in [4.78, 5) is 28.2. The molecule has 1 amide bonds. The number of aryl methyl sites for hydroxylation is 1. The summed E-state index contributed by atoms with van der Waals surface area (Å²) in [7, 11) is 3.82. The number of carbonyl (C=O) groups excluding carboxylic acids is 2. The van der Waals surface area contributed by atoms with Crippen LogP contribution < -0.4 is 0 Å². The van der Waals surface area contributed by atoms with E-state index in [4.69, 9.17) is 17.0 Å². The van der Waals surface area contributed by atoms with Crippen molar-refractivity contribution in [2.24, 2.45) is 0 Å². The molecule has 0 aromatic heterocycles. The molecule has 1 fully saturated rings. The summed E-state index contributed by atoms with van der Waals surface area (Å²) in [5, 5.41) is 0. The van der Waals surface area contributed by atoms with Crippen LogP contribution in [0.25, 0.3) is 6.08 Å². The van der Waals surface area contributed by atoms with E-state index >= 15 is 0 Å². The fourth-order valence-corrected chi connectivity index (χ4v) is 3.43. The van der Waals surface area contributed by atoms with E-state index < -0.39 is 0 Å². The lowest BCUT2D eigenvalue weighted by molar-refractivity contribution is -0.144. The monoisotopic (exact) mass is 414 g/mol. The summed E-state index contributed by atoms with van der Waals surface area (Å²) in [6.07, 6.45) is 1.96. The van der Waals surface area contributed by atoms with Gasteiger partial charge < -0.3 is 9.64 Å². The van der Waals surface area contributed by atoms with Crippen molar-refractivity contribution in [1.29, 1.82) is 0 Å². The summed E-state index contributed by atoms with van der Waals surface area (Å²) in [5.74, 6) is -0.477. The molecule has 1 aromatic rings. The number of thioether (sulfide) groups is 1. The first-order valence-corrected chi connectivity index (χ1v) is 9.21. The molecule has 1 heterocycles. The number of nitrogens with zero attached hydrogens (tertiary/aromatic N) is 2. The predicted octanol–water partition coefficient (Wildman–Crippen LogP) is 3.11. The standard InChI is InChI=1S/C18H22N2O3S2.ClH/c1-13-4-6-14(7-5-13)12-15-17(22)20(18(24)25-15)9-8-16(21)23-11-10-19(2)3;/h4-7,12H,8-11H2,1-3H3;1H/b15-12-;. The van der Waals surface area contributed by atoms with Gasteiger partial charge in [-0.25, -0.2) is 0 Å². The molecule has 1 aromatic carbocycles. The van der Waals surface area contributed by atoms with Crippen molar-refractivity contribution in [1.82, 2.24) is 9.80 Å². The number of thiocarbonyl (C=S) groups is 1. The van der Waals surface area contributed by atoms with Gasteiger partial charge in [0.1, 0.15) is 10.9 Å². The maximum absolute atomic E-state index is 12.5. The van der Waals surface area contributed by atoms with Crippen LogP contribution in [0.5, 0.6) is 0 Å². The zero-order valence-corrected chi connectivity index (χ0v) is 17.5. The summed E-state index contributed by atoms with van der Waals surface area (Å²) in [6.45, 7) is 3.28. The minimum absolute atomic E-state index is 0. The molecule has 1 aliphatic heterocycles. The molecule has 2 rings (SSSR count). The van der Waals surface area contributed by atoms with E-state index in [1.54, 1.807) is 0 Å². The first-order chi connectivity index (χ1) is 11.9. The van der Waals surface area contributed by atoms with Crippen LogP contribution in [-0.4, -0.2) is 59.8 Å². The number of amides is 1. The van der Waals surface area contributed by atoms with Crippen molar-refractivity contribution in [2.45, 2.75) is 13.3 Å². The Balaban J connectivity index is 0.00000338. The molecular formula is C18H23ClN2O3S2. The molecule has 0 spiro atoms. The highest BCUT2D eigenvalue weighted by Gasteiger charge is 2.32. The zero-order chi connectivity index (χ0) is 18.4. The highest BCUT2D eigenvalue weighted by atomic mass is 35.5. The van der Waals surface area contributed by atoms with Crippen LogP contribution in [0.2, 0.25) is 0 Å². The Morgan fingerprint density at radius 1 is 1.31 bits per heavy atom. The van der Waals surface area contributed by atoms with E-state index in [2.05, 4.69) is 0 Å². The molecule has 1 aliphatic rings. The maximum Gasteiger partial charge on any atom is 0.307 e. The van der Waals surface area contributed by atoms with Crippen LogP contribution in [0.15, 0.2) is 29.2 Å². The largest absolute Gasteiger partial charge is 0.464 e. The molecule has 0 unspecified atom stereocenters. The lowest BCUT2D eigenvalue weighted by Crippen LogP contribution is -2.31. The SMILES string of the molecule is Cc1ccc(/C=C2\SC(=S)N(CCC(=O)OCCN(C)C)C2=O)cc1.Cl. The first-order valence-electron chi connectivity index (χ1n) is 7.99. The number of hydrogen-bond acceptors (Lipinski definition) is 6. The second-order valence-corrected chi connectivity index (χ2v) is 7.69. The smallest absolute Gasteiger partial charge is 0.307 e. The van der Waals surface area contributed by atoms with Crippen molar-refractivity contribution < 1.29 is 14.3 Å². The Morgan fingerprint density at radius 2 is 1.96 bits per heavy atom. The van der Waals surface area contributed by atoms with Crippen molar-refractivity contribution in [3.63, 3.8) is 0 Å². The lowest BCUT2D eigenvalue weighted by atomic mass is 10.1. The van der Waals surface area contributed by atoms with Crippen LogP contribution in [0.3, 0.4) is 0 Å². The van der Waals surface area contributed by atoms with E-state index in [1.807, 2.05) is 56.3 Å². The summed E-state index contributed by atoms with van der Waals surface area (Å²) in [5.41, 5.74) is 2.12. The second kappa shape index (κ2) is 10.7. The third-order valence-corrected chi connectivity index (χ3v) is 4.97. The number of carbonyl (C=O) groups is 2. The molecule has 8 heteroatoms. The van der Waals surface area contributed by atoms with Gasteiger partial charge in [-0.3, -0.25) is 14.5 Å². The fourth-order valence-electron chi connectivity index (χ4n) is 2.12. The van der Waals surface area contributed by atoms with Gasteiger partial charge in [0, 0.05) is 13.1 Å². The Kier molecular flexibility index (Phi) is 9.29. The number of benzene rings is 1. The van der Waals surface area contributed by atoms with Gasteiger partial charge in [-0.1, -0.05) is 53.8 Å². The van der Waals surface area contributed by atoms with Crippen molar-refractivity contribution in [2.75, 3.05) is 33.8 Å². The van der Waals surface area contributed by atoms with Crippen molar-refractivity contribution in [3.8, 4) is 0 Å². The molecule has 0 radical (unpaired) electrons. The number of hydrogen-bond donors (Lipinski definition) is 0. The average molecular weight is 415 g/mol. The van der Waals surface area contributed by atoms with Crippen LogP contribution in [-0.2, 0) is 14.3 Å². The van der Waals surface area contributed by atoms with Gasteiger partial charge >= 0.3 is 5.97 Å². The maximum atomic E-state index is 12.5. The van der Waals surface area contributed by atoms with Gasteiger partial charge in [-0.2, -0.15) is 0 Å². The normalized spacial score (nSPS) is 15.5. The molecule has 5 nitrogen and oxygen atoms in total. The van der Waals surface area contributed by atoms with E-state index in [0.717, 1.165) is 11.1 Å². The third kappa shape index (κ3) is 6.72. The first kappa shape index (κ1) is 22.6. The van der Waals surface area contributed by atoms with Crippen LogP contribution in [0.1, 0.15) is 17.5 Å². The van der Waals surface area contributed by atoms with Gasteiger partial charge in [-0.05, 0) is 32.7 Å². The summed E-state index contributed by atoms with van der Waals surface area (Å²) >= 11 is 6.54. The molecule has 0 aliphatic carbocycles. The van der Waals surface area contributed by atoms with Crippen LogP contribution in [0.4, 0.5) is 0 Å². The van der Waals surface area contributed by atoms with E-state index in [1.165, 1.54) is 16.7 Å². The van der Waals surface area contributed by atoms with Gasteiger partial charge in [0.2, 0.25) is 0 Å². The van der Waals surface area contributed by atoms with Crippen molar-refractivity contribution in [3.05, 3.63) is 40.3 Å². The number of ether oxygens (including phenoxy) is 1. The molecule has 0 atom stereocenters. The number of halogens is 1. The van der Waals surface area contributed by atoms with E-state index in [-0.39, 0.29) is 37.2 Å². The Labute approximate surface area is 170 Å². The zero-order valence-electron chi connectivity index (χ0n) is 15.1. The van der Waals surface area contributed by atoms with E-state index in [0.29, 0.717) is 22.4 Å². The minimum atomic E-state index is -0.321. The molecule has 0 saturated carbocycles. The quantitative estimate of drug-likeness (QED) is 0.388. The Hall–Kier alpha value is -1.41. The molecule has 1 saturated heterocycles. The predicted molar refractivity (Wildman–Crippen MR) is 112 cm³/mol. The van der Waals surface area contributed by atoms with Gasteiger partial charge in [0.15, 0.2) is 0 Å². The molecular weight excluding hydrogens is 392 g/mol. The Bertz CT molecular complexity index is 690. The summed E-state index contributed by atoms with van der Waals surface area (Å²) < 4.78 is 5.61. The molecule has 142 valence electrons. The fraction of sp³-hybridized carbons (Fsp3) is 0.389. The second-order valence-electron chi connectivity index (χ2n) is 6.02. The Morgan fingerprint density at radius 3 is 2.58 bits per heavy atom. The highest BCUT2D eigenvalue weighted by Crippen LogP contribution is 2.32. The third-order valence-electron chi connectivity index (χ3n) is 3.59. The van der Waals surface area contributed by atoms with Crippen molar-refractivity contribution >= 4 is 58.7 Å². The van der Waals surface area contributed by atoms with Gasteiger partial charge in [0.05, 0.1) is 11.3 Å². The average Bonchev–Trinajstić information content (AvgIpc) is 2.81. The highest BCUT2D eigenvalue weighted by molar-refractivity contribution is 8.26. The van der Waals surface area contributed by atoms with Crippen LogP contribution >= 0.6 is 36.4 Å². The van der Waals surface area contributed by atoms with Gasteiger partial charge in [-0.15, -0.1) is 12.4 Å². The molecule has 0 bridgehead atoms. The van der Waals surface area contributed by atoms with Crippen LogP contribution in [0, 0.1) is 6.92 Å². The summed E-state index contributed by atoms with van der Waals surface area (Å²) in [6, 6.07) is 7.92. The lowest BCUT2D eigenvalue weighted by Gasteiger charge is -2.14. The van der Waals surface area contributed by atoms with E-state index in [9.17, 15) is 9.59 Å². The minimum Gasteiger partial charge on any atom is -0.464 e.